The number of hydrogen-bond donors (Lipinski definition) is 0. The fourth-order valence-corrected chi connectivity index (χ4v) is 6.45. The molecule has 0 bridgehead atoms. The lowest BCUT2D eigenvalue weighted by Gasteiger charge is -2.35. The number of morpholine rings is 1. The van der Waals surface area contributed by atoms with Gasteiger partial charge in [-0.15, -0.1) is 0 Å². The number of nitrogens with zero attached hydrogens (tertiary/aromatic N) is 3. The molecule has 2 saturated heterocycles. The maximum atomic E-state index is 13.5. The lowest BCUT2D eigenvalue weighted by atomic mass is 10.1. The van der Waals surface area contributed by atoms with Gasteiger partial charge in [0, 0.05) is 26.2 Å². The third-order valence-electron chi connectivity index (χ3n) is 6.25. The van der Waals surface area contributed by atoms with Crippen LogP contribution in [0, 0.1) is 13.8 Å². The van der Waals surface area contributed by atoms with E-state index in [2.05, 4.69) is 4.90 Å². The Bertz CT molecular complexity index is 899. The molecule has 2 aliphatic rings. The van der Waals surface area contributed by atoms with Crippen molar-refractivity contribution in [3.63, 3.8) is 0 Å². The predicted molar refractivity (Wildman–Crippen MR) is 120 cm³/mol. The SMILES string of the molecule is COc1cc(C)c(S(=O)(=O)N2CCOC[C@H]2COCC(=O)N(C)C2CCN(C)C2)c(C)c1. The Kier molecular flexibility index (Phi) is 8.16. The zero-order chi connectivity index (χ0) is 23.5. The van der Waals surface area contributed by atoms with Gasteiger partial charge in [0.2, 0.25) is 15.9 Å². The highest BCUT2D eigenvalue weighted by Crippen LogP contribution is 2.30. The highest BCUT2D eigenvalue weighted by atomic mass is 32.2. The monoisotopic (exact) mass is 469 g/mol. The van der Waals surface area contributed by atoms with E-state index < -0.39 is 16.1 Å². The molecule has 0 saturated carbocycles. The van der Waals surface area contributed by atoms with E-state index in [1.54, 1.807) is 45.0 Å². The first-order chi connectivity index (χ1) is 15.1. The van der Waals surface area contributed by atoms with E-state index in [-0.39, 0.29) is 43.2 Å². The van der Waals surface area contributed by atoms with Crippen LogP contribution in [-0.4, -0.2) is 108 Å². The smallest absolute Gasteiger partial charge is 0.248 e. The van der Waals surface area contributed by atoms with Crippen LogP contribution in [0.2, 0.25) is 0 Å². The maximum absolute atomic E-state index is 13.5. The molecular formula is C22H35N3O6S. The van der Waals surface area contributed by atoms with Gasteiger partial charge in [-0.25, -0.2) is 8.42 Å². The van der Waals surface area contributed by atoms with E-state index in [0.29, 0.717) is 23.5 Å². The maximum Gasteiger partial charge on any atom is 0.248 e. The molecule has 0 radical (unpaired) electrons. The van der Waals surface area contributed by atoms with Gasteiger partial charge >= 0.3 is 0 Å². The van der Waals surface area contributed by atoms with E-state index in [0.717, 1.165) is 19.5 Å². The molecule has 2 heterocycles. The molecule has 1 aromatic rings. The fourth-order valence-electron chi connectivity index (χ4n) is 4.46. The number of hydrogen-bond acceptors (Lipinski definition) is 7. The Labute approximate surface area is 191 Å². The number of ether oxygens (including phenoxy) is 3. The summed E-state index contributed by atoms with van der Waals surface area (Å²) < 4.78 is 45.0. The van der Waals surface area contributed by atoms with Crippen molar-refractivity contribution < 1.29 is 27.4 Å². The average Bonchev–Trinajstić information content (AvgIpc) is 3.18. The Morgan fingerprint density at radius 3 is 2.53 bits per heavy atom. The molecule has 2 aliphatic heterocycles. The summed E-state index contributed by atoms with van der Waals surface area (Å²) in [5.41, 5.74) is 1.26. The van der Waals surface area contributed by atoms with Gasteiger partial charge in [-0.2, -0.15) is 4.31 Å². The van der Waals surface area contributed by atoms with Crippen molar-refractivity contribution in [1.29, 1.82) is 0 Å². The lowest BCUT2D eigenvalue weighted by molar-refractivity contribution is -0.137. The molecule has 9 nitrogen and oxygen atoms in total. The van der Waals surface area contributed by atoms with E-state index in [4.69, 9.17) is 14.2 Å². The van der Waals surface area contributed by atoms with Gasteiger partial charge in [-0.05, 0) is 57.1 Å². The van der Waals surface area contributed by atoms with Crippen molar-refractivity contribution in [1.82, 2.24) is 14.1 Å². The second-order valence-electron chi connectivity index (χ2n) is 8.66. The van der Waals surface area contributed by atoms with Gasteiger partial charge in [-0.3, -0.25) is 4.79 Å². The summed E-state index contributed by atoms with van der Waals surface area (Å²) in [6.45, 7) is 6.16. The fraction of sp³-hybridized carbons (Fsp3) is 0.682. The topological polar surface area (TPSA) is 88.6 Å². The zero-order valence-corrected chi connectivity index (χ0v) is 20.5. The summed E-state index contributed by atoms with van der Waals surface area (Å²) >= 11 is 0. The minimum Gasteiger partial charge on any atom is -0.497 e. The number of benzene rings is 1. The minimum atomic E-state index is -3.77. The molecule has 3 rings (SSSR count). The zero-order valence-electron chi connectivity index (χ0n) is 19.7. The van der Waals surface area contributed by atoms with Crippen LogP contribution >= 0.6 is 0 Å². The van der Waals surface area contributed by atoms with Crippen LogP contribution in [0.5, 0.6) is 5.75 Å². The number of likely N-dealkylation sites (N-methyl/N-ethyl adjacent to an activating group) is 2. The second kappa shape index (κ2) is 10.5. The second-order valence-corrected chi connectivity index (χ2v) is 10.5. The number of rotatable bonds is 8. The molecule has 0 aromatic heterocycles. The van der Waals surface area contributed by atoms with Crippen LogP contribution in [0.1, 0.15) is 17.5 Å². The van der Waals surface area contributed by atoms with E-state index in [1.165, 1.54) is 4.31 Å². The van der Waals surface area contributed by atoms with Crippen molar-refractivity contribution in [3.05, 3.63) is 23.3 Å². The first kappa shape index (κ1) is 24.9. The Morgan fingerprint density at radius 1 is 1.25 bits per heavy atom. The largest absolute Gasteiger partial charge is 0.497 e. The van der Waals surface area contributed by atoms with Crippen LogP contribution in [0.25, 0.3) is 0 Å². The molecule has 1 amide bonds. The highest BCUT2D eigenvalue weighted by molar-refractivity contribution is 7.89. The number of amides is 1. The van der Waals surface area contributed by atoms with Crippen LogP contribution in [-0.2, 0) is 24.3 Å². The molecule has 2 fully saturated rings. The molecule has 2 atom stereocenters. The normalized spacial score (nSPS) is 22.8. The van der Waals surface area contributed by atoms with Crippen molar-refractivity contribution >= 4 is 15.9 Å². The van der Waals surface area contributed by atoms with Gasteiger partial charge in [0.25, 0.3) is 0 Å². The van der Waals surface area contributed by atoms with Gasteiger partial charge in [0.1, 0.15) is 12.4 Å². The quantitative estimate of drug-likeness (QED) is 0.558. The molecule has 0 aliphatic carbocycles. The van der Waals surface area contributed by atoms with Crippen molar-refractivity contribution in [2.75, 3.05) is 67.3 Å². The molecule has 32 heavy (non-hydrogen) atoms. The third kappa shape index (κ3) is 5.43. The minimum absolute atomic E-state index is 0.0817. The van der Waals surface area contributed by atoms with Gasteiger partial charge in [0.15, 0.2) is 0 Å². The molecule has 10 heteroatoms. The molecular weight excluding hydrogens is 434 g/mol. The average molecular weight is 470 g/mol. The third-order valence-corrected chi connectivity index (χ3v) is 8.51. The number of carbonyl (C=O) groups is 1. The predicted octanol–water partition coefficient (Wildman–Crippen LogP) is 0.881. The van der Waals surface area contributed by atoms with E-state index >= 15 is 0 Å². The van der Waals surface area contributed by atoms with Gasteiger partial charge in [0.05, 0.1) is 37.9 Å². The number of sulfonamides is 1. The van der Waals surface area contributed by atoms with Crippen LogP contribution in [0.4, 0.5) is 0 Å². The molecule has 0 spiro atoms. The van der Waals surface area contributed by atoms with Crippen molar-refractivity contribution in [2.45, 2.75) is 37.2 Å². The molecule has 1 aromatic carbocycles. The summed E-state index contributed by atoms with van der Waals surface area (Å²) in [4.78, 5) is 16.7. The molecule has 0 N–H and O–H groups in total. The summed E-state index contributed by atoms with van der Waals surface area (Å²) in [5, 5.41) is 0. The number of likely N-dealkylation sites (tertiary alicyclic amines) is 1. The van der Waals surface area contributed by atoms with Gasteiger partial charge < -0.3 is 24.0 Å². The van der Waals surface area contributed by atoms with E-state index in [1.807, 2.05) is 7.05 Å². The lowest BCUT2D eigenvalue weighted by Crippen LogP contribution is -2.51. The summed E-state index contributed by atoms with van der Waals surface area (Å²) in [6.07, 6.45) is 0.946. The molecule has 180 valence electrons. The Hall–Kier alpha value is -1.72. The first-order valence-corrected chi connectivity index (χ1v) is 12.4. The summed E-state index contributed by atoms with van der Waals surface area (Å²) in [7, 11) is 1.63. The Balaban J connectivity index is 1.66. The number of carbonyl (C=O) groups excluding carboxylic acids is 1. The van der Waals surface area contributed by atoms with Crippen LogP contribution < -0.4 is 4.74 Å². The van der Waals surface area contributed by atoms with Crippen molar-refractivity contribution in [2.24, 2.45) is 0 Å². The Morgan fingerprint density at radius 2 is 1.94 bits per heavy atom. The first-order valence-electron chi connectivity index (χ1n) is 10.9. The number of methoxy groups -OCH3 is 1. The number of aryl methyl sites for hydroxylation is 2. The van der Waals surface area contributed by atoms with Crippen LogP contribution in [0.15, 0.2) is 17.0 Å². The summed E-state index contributed by atoms with van der Waals surface area (Å²) in [5.74, 6) is 0.523. The van der Waals surface area contributed by atoms with E-state index in [9.17, 15) is 13.2 Å². The standard InChI is InChI=1S/C22H35N3O6S/c1-16-10-20(29-5)11-17(2)22(16)32(27,28)25-8-9-30-13-19(25)14-31-15-21(26)24(4)18-6-7-23(3)12-18/h10-11,18-19H,6-9,12-15H2,1-5H3/t18?,19-/m0/s1. The van der Waals surface area contributed by atoms with Crippen LogP contribution in [0.3, 0.4) is 0 Å². The van der Waals surface area contributed by atoms with Crippen molar-refractivity contribution in [3.8, 4) is 5.75 Å². The highest BCUT2D eigenvalue weighted by Gasteiger charge is 2.36. The molecule has 1 unspecified atom stereocenters. The summed E-state index contributed by atoms with van der Waals surface area (Å²) in [6, 6.07) is 3.14. The van der Waals surface area contributed by atoms with Gasteiger partial charge in [-0.1, -0.05) is 0 Å².